The molecule has 1 aliphatic rings. The molecule has 2 aromatic heterocycles. The average molecular weight is 595 g/mol. The summed E-state index contributed by atoms with van der Waals surface area (Å²) in [6, 6.07) is 21.1. The second-order valence-electron chi connectivity index (χ2n) is 9.53. The van der Waals surface area contributed by atoms with Crippen molar-refractivity contribution in [2.24, 2.45) is 10.2 Å². The number of carbonyl (C=O) groups excluding carboxylic acids is 2. The summed E-state index contributed by atoms with van der Waals surface area (Å²) in [7, 11) is 0. The van der Waals surface area contributed by atoms with E-state index in [0.29, 0.717) is 47.3 Å². The Labute approximate surface area is 253 Å². The molecule has 0 aliphatic carbocycles. The van der Waals surface area contributed by atoms with Gasteiger partial charge in [0, 0.05) is 35.9 Å². The third-order valence-electron chi connectivity index (χ3n) is 6.38. The monoisotopic (exact) mass is 594 g/mol. The lowest BCUT2D eigenvalue weighted by Gasteiger charge is -2.32. The topological polar surface area (TPSA) is 146 Å². The lowest BCUT2D eigenvalue weighted by atomic mass is 10.1. The summed E-state index contributed by atoms with van der Waals surface area (Å²) < 4.78 is 23.9. The van der Waals surface area contributed by atoms with E-state index in [1.807, 2.05) is 24.3 Å². The third-order valence-corrected chi connectivity index (χ3v) is 6.38. The van der Waals surface area contributed by atoms with Crippen LogP contribution in [0.5, 0.6) is 11.5 Å². The molecule has 1 aliphatic heterocycles. The van der Waals surface area contributed by atoms with Gasteiger partial charge in [-0.25, -0.2) is 10.9 Å². The van der Waals surface area contributed by atoms with Crippen LogP contribution in [0.25, 0.3) is 0 Å². The molecule has 2 amide bonds. The first-order valence-corrected chi connectivity index (χ1v) is 13.7. The third kappa shape index (κ3) is 8.09. The minimum atomic E-state index is -0.862. The number of nitrogens with zero attached hydrogens (tertiary/aromatic N) is 4. The Morgan fingerprint density at radius 1 is 0.682 bits per heavy atom. The highest BCUT2D eigenvalue weighted by molar-refractivity contribution is 6.01. The van der Waals surface area contributed by atoms with Crippen molar-refractivity contribution in [2.75, 3.05) is 13.2 Å². The summed E-state index contributed by atoms with van der Waals surface area (Å²) in [6.07, 6.45) is 4.40. The molecule has 3 heterocycles. The molecule has 4 aromatic rings. The molecular weight excluding hydrogens is 564 g/mol. The van der Waals surface area contributed by atoms with Crippen molar-refractivity contribution >= 4 is 23.2 Å². The zero-order chi connectivity index (χ0) is 30.7. The van der Waals surface area contributed by atoms with Crippen molar-refractivity contribution in [1.29, 1.82) is 0 Å². The van der Waals surface area contributed by atoms with Gasteiger partial charge in [-0.15, -0.1) is 0 Å². The summed E-state index contributed by atoms with van der Waals surface area (Å²) in [5, 5.41) is 8.42. The summed E-state index contributed by atoms with van der Waals surface area (Å²) in [6.45, 7) is 4.20. The number of ether oxygens (including phenoxy) is 4. The predicted octanol–water partition coefficient (Wildman–Crippen LogP) is 3.94. The Morgan fingerprint density at radius 3 is 1.52 bits per heavy atom. The highest BCUT2D eigenvalue weighted by atomic mass is 16.8. The van der Waals surface area contributed by atoms with Crippen molar-refractivity contribution in [3.8, 4) is 11.5 Å². The van der Waals surface area contributed by atoms with Gasteiger partial charge < -0.3 is 18.9 Å². The first-order chi connectivity index (χ1) is 21.5. The van der Waals surface area contributed by atoms with E-state index in [2.05, 4.69) is 31.0 Å². The molecule has 44 heavy (non-hydrogen) atoms. The lowest BCUT2D eigenvalue weighted by molar-refractivity contribution is -0.271. The Bertz CT molecular complexity index is 1520. The van der Waals surface area contributed by atoms with E-state index < -0.39 is 12.6 Å². The number of carbonyl (C=O) groups is 2. The molecule has 1 saturated heterocycles. The lowest BCUT2D eigenvalue weighted by Crippen LogP contribution is -2.45. The van der Waals surface area contributed by atoms with Crippen molar-refractivity contribution in [2.45, 2.75) is 26.4 Å². The standard InChI is InChI=1S/C32H30N6O6/c1-21(35-37-29(39)25-9-5-13-33-19-25)23-7-3-11-27(17-23)43-31-32(42-16-15-41-31)44-28-12-4-8-24(18-28)22(2)36-38-30(40)26-10-6-14-34-20-26/h3-14,17-20,31-32H,15-16H2,1-2H3,(H,37,39)(H,38,40). The van der Waals surface area contributed by atoms with E-state index in [4.69, 9.17) is 18.9 Å². The maximum Gasteiger partial charge on any atom is 0.272 e. The van der Waals surface area contributed by atoms with Crippen molar-refractivity contribution < 1.29 is 28.5 Å². The molecule has 12 heteroatoms. The molecule has 2 atom stereocenters. The summed E-state index contributed by atoms with van der Waals surface area (Å²) in [5.41, 5.74) is 8.51. The second-order valence-corrected chi connectivity index (χ2v) is 9.53. The predicted molar refractivity (Wildman–Crippen MR) is 161 cm³/mol. The SMILES string of the molecule is CC(=NNC(=O)c1cccnc1)c1cccc(OC2OCCOC2Oc2cccc(C(C)=NNC(=O)c3cccnc3)c2)c1. The molecule has 5 rings (SSSR count). The van der Waals surface area contributed by atoms with Gasteiger partial charge in [-0.3, -0.25) is 19.6 Å². The maximum atomic E-state index is 12.3. The van der Waals surface area contributed by atoms with Gasteiger partial charge in [0.1, 0.15) is 11.5 Å². The molecule has 0 spiro atoms. The largest absolute Gasteiger partial charge is 0.458 e. The zero-order valence-electron chi connectivity index (χ0n) is 24.0. The maximum absolute atomic E-state index is 12.3. The first-order valence-electron chi connectivity index (χ1n) is 13.7. The Hall–Kier alpha value is -5.46. The van der Waals surface area contributed by atoms with Gasteiger partial charge in [-0.05, 0) is 62.4 Å². The number of hydrogen-bond donors (Lipinski definition) is 2. The van der Waals surface area contributed by atoms with Crippen LogP contribution in [-0.2, 0) is 9.47 Å². The summed E-state index contributed by atoms with van der Waals surface area (Å²) in [4.78, 5) is 32.5. The van der Waals surface area contributed by atoms with Gasteiger partial charge in [0.2, 0.25) is 0 Å². The molecule has 2 unspecified atom stereocenters. The summed E-state index contributed by atoms with van der Waals surface area (Å²) in [5.74, 6) is 0.275. The highest BCUT2D eigenvalue weighted by Crippen LogP contribution is 2.23. The van der Waals surface area contributed by atoms with Gasteiger partial charge in [-0.1, -0.05) is 24.3 Å². The van der Waals surface area contributed by atoms with Crippen LogP contribution < -0.4 is 20.3 Å². The molecule has 1 fully saturated rings. The molecule has 0 saturated carbocycles. The van der Waals surface area contributed by atoms with E-state index in [-0.39, 0.29) is 11.8 Å². The van der Waals surface area contributed by atoms with Crippen LogP contribution >= 0.6 is 0 Å². The van der Waals surface area contributed by atoms with E-state index in [1.165, 1.54) is 12.4 Å². The van der Waals surface area contributed by atoms with Gasteiger partial charge in [0.05, 0.1) is 35.8 Å². The first kappa shape index (κ1) is 30.0. The van der Waals surface area contributed by atoms with Crippen LogP contribution in [0.3, 0.4) is 0 Å². The Balaban J connectivity index is 1.22. The number of hydrogen-bond acceptors (Lipinski definition) is 10. The molecule has 0 radical (unpaired) electrons. The van der Waals surface area contributed by atoms with Crippen LogP contribution in [0.1, 0.15) is 45.7 Å². The number of benzene rings is 2. The average Bonchev–Trinajstić information content (AvgIpc) is 3.07. The summed E-state index contributed by atoms with van der Waals surface area (Å²) >= 11 is 0. The van der Waals surface area contributed by atoms with Crippen LogP contribution in [0.15, 0.2) is 108 Å². The van der Waals surface area contributed by atoms with Crippen molar-refractivity contribution in [1.82, 2.24) is 20.8 Å². The fraction of sp³-hybridized carbons (Fsp3) is 0.188. The van der Waals surface area contributed by atoms with Crippen LogP contribution in [-0.4, -0.2) is 59.0 Å². The van der Waals surface area contributed by atoms with Crippen molar-refractivity contribution in [3.05, 3.63) is 120 Å². The van der Waals surface area contributed by atoms with Gasteiger partial charge in [0.15, 0.2) is 0 Å². The minimum Gasteiger partial charge on any atom is -0.458 e. The molecule has 2 aromatic carbocycles. The number of hydrazone groups is 2. The number of nitrogens with one attached hydrogen (secondary N) is 2. The Morgan fingerprint density at radius 2 is 1.11 bits per heavy atom. The molecular formula is C32H30N6O6. The minimum absolute atomic E-state index is 0.327. The van der Waals surface area contributed by atoms with Gasteiger partial charge in [-0.2, -0.15) is 10.2 Å². The van der Waals surface area contributed by atoms with Gasteiger partial charge in [0.25, 0.3) is 24.4 Å². The fourth-order valence-electron chi connectivity index (χ4n) is 4.04. The smallest absolute Gasteiger partial charge is 0.272 e. The molecule has 0 bridgehead atoms. The quantitative estimate of drug-likeness (QED) is 0.207. The molecule has 12 nitrogen and oxygen atoms in total. The van der Waals surface area contributed by atoms with E-state index in [1.54, 1.807) is 74.8 Å². The normalized spacial score (nSPS) is 17.0. The van der Waals surface area contributed by atoms with Gasteiger partial charge >= 0.3 is 0 Å². The van der Waals surface area contributed by atoms with Crippen LogP contribution in [0.4, 0.5) is 0 Å². The van der Waals surface area contributed by atoms with Crippen LogP contribution in [0.2, 0.25) is 0 Å². The van der Waals surface area contributed by atoms with E-state index in [0.717, 1.165) is 11.1 Å². The Kier molecular flexibility index (Phi) is 9.98. The van der Waals surface area contributed by atoms with E-state index >= 15 is 0 Å². The number of rotatable bonds is 10. The highest BCUT2D eigenvalue weighted by Gasteiger charge is 2.31. The molecule has 2 N–H and O–H groups in total. The second kappa shape index (κ2) is 14.6. The zero-order valence-corrected chi connectivity index (χ0v) is 24.0. The van der Waals surface area contributed by atoms with Crippen LogP contribution in [0, 0.1) is 0 Å². The van der Waals surface area contributed by atoms with E-state index in [9.17, 15) is 9.59 Å². The number of amides is 2. The van der Waals surface area contributed by atoms with Crippen molar-refractivity contribution in [3.63, 3.8) is 0 Å². The number of aromatic nitrogens is 2. The fourth-order valence-corrected chi connectivity index (χ4v) is 4.04. The molecule has 224 valence electrons. The number of pyridine rings is 2.